The summed E-state index contributed by atoms with van der Waals surface area (Å²) < 4.78 is 8.93. The van der Waals surface area contributed by atoms with Gasteiger partial charge in [-0.2, -0.15) is 0 Å². The molecule has 0 heterocycles. The lowest BCUT2D eigenvalue weighted by Crippen LogP contribution is -2.06. The molecule has 0 aromatic heterocycles. The van der Waals surface area contributed by atoms with E-state index in [1.54, 1.807) is 0 Å². The molecule has 0 saturated heterocycles. The molecule has 106 valence electrons. The van der Waals surface area contributed by atoms with Crippen LogP contribution in [0.3, 0.4) is 0 Å². The molecule has 0 aliphatic carbocycles. The molecule has 0 unspecified atom stereocenters. The minimum Gasteiger partial charge on any atom is -0.430 e. The van der Waals surface area contributed by atoms with Crippen molar-refractivity contribution in [1.29, 1.82) is 0 Å². The first kappa shape index (κ1) is 19.0. The Kier molecular flexibility index (Phi) is 19.1. The SMILES string of the molecule is C=CCOC(=O)OCC=C.OCCCCCCO. The topological polar surface area (TPSA) is 76.0 Å². The molecule has 0 bridgehead atoms. The van der Waals surface area contributed by atoms with Gasteiger partial charge in [0.05, 0.1) is 0 Å². The number of ether oxygens (including phenoxy) is 2. The highest BCUT2D eigenvalue weighted by atomic mass is 16.7. The number of rotatable bonds is 9. The van der Waals surface area contributed by atoms with E-state index in [1.807, 2.05) is 0 Å². The van der Waals surface area contributed by atoms with Gasteiger partial charge < -0.3 is 19.7 Å². The zero-order valence-corrected chi connectivity index (χ0v) is 10.8. The first-order valence-electron chi connectivity index (χ1n) is 5.96. The monoisotopic (exact) mass is 260 g/mol. The smallest absolute Gasteiger partial charge is 0.430 e. The lowest BCUT2D eigenvalue weighted by Gasteiger charge is -1.99. The van der Waals surface area contributed by atoms with Crippen LogP contribution < -0.4 is 0 Å². The molecule has 0 aliphatic heterocycles. The third-order valence-electron chi connectivity index (χ3n) is 1.70. The van der Waals surface area contributed by atoms with E-state index in [-0.39, 0.29) is 26.4 Å². The van der Waals surface area contributed by atoms with Crippen molar-refractivity contribution in [2.24, 2.45) is 0 Å². The number of carbonyl (C=O) groups is 1. The van der Waals surface area contributed by atoms with Gasteiger partial charge >= 0.3 is 6.16 Å². The summed E-state index contributed by atoms with van der Waals surface area (Å²) in [6.45, 7) is 7.64. The van der Waals surface area contributed by atoms with Crippen LogP contribution in [0.1, 0.15) is 25.7 Å². The van der Waals surface area contributed by atoms with Crippen LogP contribution in [0.4, 0.5) is 4.79 Å². The summed E-state index contributed by atoms with van der Waals surface area (Å²) in [5.41, 5.74) is 0. The molecule has 0 fully saturated rings. The molecule has 0 spiro atoms. The predicted molar refractivity (Wildman–Crippen MR) is 70.3 cm³/mol. The van der Waals surface area contributed by atoms with E-state index in [2.05, 4.69) is 22.6 Å². The van der Waals surface area contributed by atoms with Crippen LogP contribution in [0.2, 0.25) is 0 Å². The van der Waals surface area contributed by atoms with E-state index in [1.165, 1.54) is 12.2 Å². The highest BCUT2D eigenvalue weighted by molar-refractivity contribution is 5.60. The van der Waals surface area contributed by atoms with E-state index in [9.17, 15) is 4.79 Å². The molecule has 0 rings (SSSR count). The van der Waals surface area contributed by atoms with Gasteiger partial charge in [0, 0.05) is 13.2 Å². The van der Waals surface area contributed by atoms with Gasteiger partial charge in [-0.25, -0.2) is 4.79 Å². The fraction of sp³-hybridized carbons (Fsp3) is 0.615. The van der Waals surface area contributed by atoms with Crippen LogP contribution in [-0.4, -0.2) is 42.8 Å². The fourth-order valence-corrected chi connectivity index (χ4v) is 0.873. The Balaban J connectivity index is 0. The van der Waals surface area contributed by atoms with E-state index < -0.39 is 6.16 Å². The summed E-state index contributed by atoms with van der Waals surface area (Å²) in [6.07, 6.45) is 6.07. The summed E-state index contributed by atoms with van der Waals surface area (Å²) in [4.78, 5) is 10.4. The standard InChI is InChI=1S/C7H10O3.C6H14O2/c1-3-5-9-7(8)10-6-4-2;7-5-3-1-2-4-6-8/h3-4H,1-2,5-6H2;7-8H,1-6H2. The van der Waals surface area contributed by atoms with Gasteiger partial charge in [0.2, 0.25) is 0 Å². The largest absolute Gasteiger partial charge is 0.508 e. The molecule has 0 aromatic carbocycles. The van der Waals surface area contributed by atoms with Gasteiger partial charge in [-0.05, 0) is 12.8 Å². The van der Waals surface area contributed by atoms with Crippen molar-refractivity contribution in [3.8, 4) is 0 Å². The third kappa shape index (κ3) is 20.1. The fourth-order valence-electron chi connectivity index (χ4n) is 0.873. The van der Waals surface area contributed by atoms with Gasteiger partial charge in [-0.3, -0.25) is 0 Å². The molecule has 0 atom stereocenters. The maximum atomic E-state index is 10.4. The Morgan fingerprint density at radius 1 is 0.889 bits per heavy atom. The van der Waals surface area contributed by atoms with Crippen LogP contribution in [0.15, 0.2) is 25.3 Å². The van der Waals surface area contributed by atoms with Crippen molar-refractivity contribution >= 4 is 6.16 Å². The number of hydrogen-bond donors (Lipinski definition) is 2. The van der Waals surface area contributed by atoms with Crippen molar-refractivity contribution in [2.45, 2.75) is 25.7 Å². The second-order valence-corrected chi connectivity index (χ2v) is 3.31. The highest BCUT2D eigenvalue weighted by Crippen LogP contribution is 1.96. The molecule has 5 heteroatoms. The Morgan fingerprint density at radius 2 is 1.28 bits per heavy atom. The van der Waals surface area contributed by atoms with Crippen molar-refractivity contribution in [3.05, 3.63) is 25.3 Å². The van der Waals surface area contributed by atoms with E-state index in [0.29, 0.717) is 0 Å². The Labute approximate surface area is 109 Å². The highest BCUT2D eigenvalue weighted by Gasteiger charge is 1.97. The zero-order valence-electron chi connectivity index (χ0n) is 10.8. The zero-order chi connectivity index (χ0) is 14.1. The van der Waals surface area contributed by atoms with Gasteiger partial charge in [-0.15, -0.1) is 0 Å². The molecule has 0 amide bonds. The number of aliphatic hydroxyl groups excluding tert-OH is 2. The average molecular weight is 260 g/mol. The van der Waals surface area contributed by atoms with Crippen molar-refractivity contribution in [1.82, 2.24) is 0 Å². The molecule has 0 saturated carbocycles. The van der Waals surface area contributed by atoms with Gasteiger partial charge in [0.25, 0.3) is 0 Å². The van der Waals surface area contributed by atoms with Crippen molar-refractivity contribution < 1.29 is 24.5 Å². The predicted octanol–water partition coefficient (Wildman–Crippen LogP) is 2.04. The molecule has 0 aromatic rings. The lowest BCUT2D eigenvalue weighted by molar-refractivity contribution is 0.0718. The molecular formula is C13H24O5. The minimum atomic E-state index is -0.695. The maximum Gasteiger partial charge on any atom is 0.508 e. The summed E-state index contributed by atoms with van der Waals surface area (Å²) in [5, 5.41) is 16.6. The Morgan fingerprint density at radius 3 is 1.56 bits per heavy atom. The number of aliphatic hydroxyl groups is 2. The van der Waals surface area contributed by atoms with Crippen LogP contribution in [-0.2, 0) is 9.47 Å². The molecule has 5 nitrogen and oxygen atoms in total. The summed E-state index contributed by atoms with van der Waals surface area (Å²) in [7, 11) is 0. The molecule has 18 heavy (non-hydrogen) atoms. The normalized spacial score (nSPS) is 8.78. The third-order valence-corrected chi connectivity index (χ3v) is 1.70. The molecule has 2 N–H and O–H groups in total. The number of unbranched alkanes of at least 4 members (excludes halogenated alkanes) is 3. The molecular weight excluding hydrogens is 236 g/mol. The van der Waals surface area contributed by atoms with Crippen LogP contribution >= 0.6 is 0 Å². The number of hydrogen-bond acceptors (Lipinski definition) is 5. The van der Waals surface area contributed by atoms with Crippen LogP contribution in [0, 0.1) is 0 Å². The first-order chi connectivity index (χ1) is 8.72. The molecule has 0 aliphatic rings. The van der Waals surface area contributed by atoms with Gasteiger partial charge in [0.15, 0.2) is 0 Å². The van der Waals surface area contributed by atoms with E-state index >= 15 is 0 Å². The summed E-state index contributed by atoms with van der Waals surface area (Å²) >= 11 is 0. The van der Waals surface area contributed by atoms with E-state index in [0.717, 1.165) is 25.7 Å². The van der Waals surface area contributed by atoms with Crippen LogP contribution in [0.5, 0.6) is 0 Å². The second kappa shape index (κ2) is 18.0. The summed E-state index contributed by atoms with van der Waals surface area (Å²) in [6, 6.07) is 0. The average Bonchev–Trinajstić information content (AvgIpc) is 2.40. The maximum absolute atomic E-state index is 10.4. The minimum absolute atomic E-state index is 0.177. The Hall–Kier alpha value is -1.33. The van der Waals surface area contributed by atoms with Crippen molar-refractivity contribution in [3.63, 3.8) is 0 Å². The van der Waals surface area contributed by atoms with Crippen LogP contribution in [0.25, 0.3) is 0 Å². The van der Waals surface area contributed by atoms with Gasteiger partial charge in [-0.1, -0.05) is 38.2 Å². The lowest BCUT2D eigenvalue weighted by atomic mass is 10.2. The quantitative estimate of drug-likeness (QED) is 0.377. The first-order valence-corrected chi connectivity index (χ1v) is 5.96. The molecule has 0 radical (unpaired) electrons. The Bertz CT molecular complexity index is 184. The second-order valence-electron chi connectivity index (χ2n) is 3.31. The van der Waals surface area contributed by atoms with Crippen molar-refractivity contribution in [2.75, 3.05) is 26.4 Å². The van der Waals surface area contributed by atoms with Gasteiger partial charge in [0.1, 0.15) is 13.2 Å². The number of carbonyl (C=O) groups excluding carboxylic acids is 1. The van der Waals surface area contributed by atoms with E-state index in [4.69, 9.17) is 10.2 Å². The summed E-state index contributed by atoms with van der Waals surface area (Å²) in [5.74, 6) is 0.